The van der Waals surface area contributed by atoms with Crippen LogP contribution in [-0.2, 0) is 11.3 Å². The quantitative estimate of drug-likeness (QED) is 0.838. The van der Waals surface area contributed by atoms with Crippen LogP contribution in [0.3, 0.4) is 0 Å². The van der Waals surface area contributed by atoms with Gasteiger partial charge >= 0.3 is 0 Å². The van der Waals surface area contributed by atoms with E-state index in [-0.39, 0.29) is 5.91 Å². The van der Waals surface area contributed by atoms with Gasteiger partial charge < -0.3 is 10.6 Å². The summed E-state index contributed by atoms with van der Waals surface area (Å²) in [4.78, 5) is 18.2. The van der Waals surface area contributed by atoms with Crippen LogP contribution in [-0.4, -0.2) is 42.0 Å². The topological polar surface area (TPSA) is 57.3 Å². The minimum absolute atomic E-state index is 0.147. The van der Waals surface area contributed by atoms with E-state index in [1.54, 1.807) is 0 Å². The molecule has 2 N–H and O–H groups in total. The summed E-state index contributed by atoms with van der Waals surface area (Å²) in [5.74, 6) is 1.08. The summed E-state index contributed by atoms with van der Waals surface area (Å²) in [6, 6.07) is 6.06. The molecule has 1 saturated heterocycles. The van der Waals surface area contributed by atoms with Crippen molar-refractivity contribution in [2.45, 2.75) is 26.3 Å². The third-order valence-electron chi connectivity index (χ3n) is 3.15. The molecule has 1 aromatic heterocycles. The van der Waals surface area contributed by atoms with Crippen LogP contribution in [0.1, 0.15) is 25.5 Å². The second-order valence-corrected chi connectivity index (χ2v) is 4.82. The van der Waals surface area contributed by atoms with Gasteiger partial charge in [0.25, 0.3) is 0 Å². The Kier molecular flexibility index (Phi) is 5.15. The number of nitrogens with zero attached hydrogens (tertiary/aromatic N) is 2. The molecule has 19 heavy (non-hydrogen) atoms. The summed E-state index contributed by atoms with van der Waals surface area (Å²) in [6.07, 6.45) is 1.67. The third-order valence-corrected chi connectivity index (χ3v) is 3.15. The maximum atomic E-state index is 11.3. The molecule has 0 radical (unpaired) electrons. The lowest BCUT2D eigenvalue weighted by Crippen LogP contribution is -2.28. The molecule has 5 nitrogen and oxygen atoms in total. The highest BCUT2D eigenvalue weighted by Crippen LogP contribution is 2.08. The van der Waals surface area contributed by atoms with Gasteiger partial charge in [-0.15, -0.1) is 0 Å². The number of aromatic nitrogens is 1. The van der Waals surface area contributed by atoms with Gasteiger partial charge in [0.15, 0.2) is 0 Å². The van der Waals surface area contributed by atoms with Crippen molar-refractivity contribution >= 4 is 11.7 Å². The predicted molar refractivity (Wildman–Crippen MR) is 75.9 cm³/mol. The standard InChI is InChI=1S/C14H22N4O/c1-2-7-15-13-5-3-4-12(17-13)11-18-9-6-14(19)16-8-10-18/h3-5H,2,6-11H2,1H3,(H,15,17)(H,16,19). The first-order valence-corrected chi connectivity index (χ1v) is 6.97. The van der Waals surface area contributed by atoms with Crippen LogP contribution in [0.2, 0.25) is 0 Å². The zero-order valence-corrected chi connectivity index (χ0v) is 11.5. The van der Waals surface area contributed by atoms with E-state index in [4.69, 9.17) is 0 Å². The van der Waals surface area contributed by atoms with Gasteiger partial charge in [-0.2, -0.15) is 0 Å². The number of nitrogens with one attached hydrogen (secondary N) is 2. The van der Waals surface area contributed by atoms with Crippen LogP contribution < -0.4 is 10.6 Å². The zero-order valence-electron chi connectivity index (χ0n) is 11.5. The van der Waals surface area contributed by atoms with Crippen LogP contribution in [0.15, 0.2) is 18.2 Å². The average molecular weight is 262 g/mol. The van der Waals surface area contributed by atoms with Crippen molar-refractivity contribution in [3.8, 4) is 0 Å². The predicted octanol–water partition coefficient (Wildman–Crippen LogP) is 1.23. The van der Waals surface area contributed by atoms with E-state index in [1.807, 2.05) is 18.2 Å². The van der Waals surface area contributed by atoms with Gasteiger partial charge in [0.05, 0.1) is 5.69 Å². The van der Waals surface area contributed by atoms with Gasteiger partial charge in [-0.1, -0.05) is 13.0 Å². The fourth-order valence-electron chi connectivity index (χ4n) is 2.12. The first-order valence-electron chi connectivity index (χ1n) is 6.97. The van der Waals surface area contributed by atoms with Crippen molar-refractivity contribution in [2.24, 2.45) is 0 Å². The van der Waals surface area contributed by atoms with Gasteiger partial charge in [-0.05, 0) is 18.6 Å². The molecule has 0 bridgehead atoms. The van der Waals surface area contributed by atoms with E-state index >= 15 is 0 Å². The Morgan fingerprint density at radius 2 is 2.32 bits per heavy atom. The van der Waals surface area contributed by atoms with Crippen LogP contribution >= 0.6 is 0 Å². The number of carbonyl (C=O) groups is 1. The number of hydrogen-bond donors (Lipinski definition) is 2. The molecule has 104 valence electrons. The average Bonchev–Trinajstić information content (AvgIpc) is 2.62. The molecule has 1 aromatic rings. The minimum atomic E-state index is 0.147. The summed E-state index contributed by atoms with van der Waals surface area (Å²) >= 11 is 0. The van der Waals surface area contributed by atoms with Gasteiger partial charge in [0.1, 0.15) is 5.82 Å². The zero-order chi connectivity index (χ0) is 13.5. The Hall–Kier alpha value is -1.62. The molecule has 0 unspecified atom stereocenters. The fraction of sp³-hybridized carbons (Fsp3) is 0.571. The third kappa shape index (κ3) is 4.52. The van der Waals surface area contributed by atoms with Crippen molar-refractivity contribution in [1.29, 1.82) is 0 Å². The molecule has 5 heteroatoms. The van der Waals surface area contributed by atoms with E-state index < -0.39 is 0 Å². The SMILES string of the molecule is CCCNc1cccc(CN2CCNC(=O)CC2)n1. The van der Waals surface area contributed by atoms with E-state index in [0.29, 0.717) is 6.42 Å². The van der Waals surface area contributed by atoms with E-state index in [0.717, 1.165) is 50.7 Å². The summed E-state index contributed by atoms with van der Waals surface area (Å²) in [7, 11) is 0. The smallest absolute Gasteiger partial charge is 0.221 e. The lowest BCUT2D eigenvalue weighted by molar-refractivity contribution is -0.120. The van der Waals surface area contributed by atoms with Crippen LogP contribution in [0.5, 0.6) is 0 Å². The lowest BCUT2D eigenvalue weighted by atomic mass is 10.3. The van der Waals surface area contributed by atoms with E-state index in [9.17, 15) is 4.79 Å². The van der Waals surface area contributed by atoms with Gasteiger partial charge in [0, 0.05) is 39.1 Å². The van der Waals surface area contributed by atoms with Crippen LogP contribution in [0, 0.1) is 0 Å². The number of amides is 1. The molecular weight excluding hydrogens is 240 g/mol. The monoisotopic (exact) mass is 262 g/mol. The Labute approximate surface area is 114 Å². The molecule has 0 aromatic carbocycles. The van der Waals surface area contributed by atoms with Crippen molar-refractivity contribution in [2.75, 3.05) is 31.5 Å². The largest absolute Gasteiger partial charge is 0.370 e. The minimum Gasteiger partial charge on any atom is -0.370 e. The van der Waals surface area contributed by atoms with Crippen molar-refractivity contribution in [3.05, 3.63) is 23.9 Å². The van der Waals surface area contributed by atoms with Crippen molar-refractivity contribution in [1.82, 2.24) is 15.2 Å². The van der Waals surface area contributed by atoms with Gasteiger partial charge in [0.2, 0.25) is 5.91 Å². The first-order chi connectivity index (χ1) is 9.28. The second kappa shape index (κ2) is 7.09. The number of carbonyl (C=O) groups excluding carboxylic acids is 1. The molecule has 1 aliphatic rings. The molecule has 0 aliphatic carbocycles. The molecule has 1 aliphatic heterocycles. The summed E-state index contributed by atoms with van der Waals surface area (Å²) in [6.45, 7) is 6.31. The molecule has 1 amide bonds. The molecule has 1 fully saturated rings. The van der Waals surface area contributed by atoms with E-state index in [2.05, 4.69) is 27.4 Å². The highest BCUT2D eigenvalue weighted by molar-refractivity contribution is 5.76. The Bertz CT molecular complexity index is 422. The maximum absolute atomic E-state index is 11.3. The number of hydrogen-bond acceptors (Lipinski definition) is 4. The highest BCUT2D eigenvalue weighted by Gasteiger charge is 2.13. The molecule has 0 spiro atoms. The second-order valence-electron chi connectivity index (χ2n) is 4.82. The molecule has 2 rings (SSSR count). The summed E-state index contributed by atoms with van der Waals surface area (Å²) in [5.41, 5.74) is 1.05. The van der Waals surface area contributed by atoms with Gasteiger partial charge in [-0.3, -0.25) is 9.69 Å². The normalized spacial score (nSPS) is 16.8. The fourth-order valence-corrected chi connectivity index (χ4v) is 2.12. The highest BCUT2D eigenvalue weighted by atomic mass is 16.1. The number of anilines is 1. The number of pyridine rings is 1. The van der Waals surface area contributed by atoms with E-state index in [1.165, 1.54) is 0 Å². The molecular formula is C14H22N4O. The number of rotatable bonds is 5. The Morgan fingerprint density at radius 3 is 3.16 bits per heavy atom. The first kappa shape index (κ1) is 13.8. The Morgan fingerprint density at radius 1 is 1.42 bits per heavy atom. The molecule has 0 saturated carbocycles. The lowest BCUT2D eigenvalue weighted by Gasteiger charge is -2.18. The van der Waals surface area contributed by atoms with Crippen LogP contribution in [0.4, 0.5) is 5.82 Å². The van der Waals surface area contributed by atoms with Crippen molar-refractivity contribution < 1.29 is 4.79 Å². The maximum Gasteiger partial charge on any atom is 0.221 e. The van der Waals surface area contributed by atoms with Crippen molar-refractivity contribution in [3.63, 3.8) is 0 Å². The summed E-state index contributed by atoms with van der Waals surface area (Å²) in [5, 5.41) is 6.18. The van der Waals surface area contributed by atoms with Crippen LogP contribution in [0.25, 0.3) is 0 Å². The molecule has 2 heterocycles. The summed E-state index contributed by atoms with van der Waals surface area (Å²) < 4.78 is 0. The Balaban J connectivity index is 1.92. The van der Waals surface area contributed by atoms with Gasteiger partial charge in [-0.25, -0.2) is 4.98 Å². The molecule has 0 atom stereocenters.